The Bertz CT molecular complexity index is 4200. The maximum atomic E-state index is 5.47. The number of para-hydroxylation sites is 8. The Balaban J connectivity index is 0.823. The molecule has 0 saturated carbocycles. The zero-order chi connectivity index (χ0) is 49.8. The van der Waals surface area contributed by atoms with E-state index in [0.717, 1.165) is 101 Å². The van der Waals surface area contributed by atoms with Gasteiger partial charge >= 0.3 is 0 Å². The average molecular weight is 971 g/mol. The molecule has 0 spiro atoms. The Hall–Kier alpha value is -10.4. The van der Waals surface area contributed by atoms with Crippen LogP contribution in [0.4, 0.5) is 0 Å². The molecule has 8 heteroatoms. The molecule has 0 aliphatic heterocycles. The van der Waals surface area contributed by atoms with Crippen molar-refractivity contribution >= 4 is 87.2 Å². The number of fused-ring (bicyclic) bond motifs is 12. The first kappa shape index (κ1) is 42.1. The van der Waals surface area contributed by atoms with E-state index in [1.54, 1.807) is 0 Å². The lowest BCUT2D eigenvalue weighted by Gasteiger charge is -2.15. The van der Waals surface area contributed by atoms with E-state index >= 15 is 0 Å². The molecule has 0 bridgehead atoms. The molecule has 0 fully saturated rings. The summed E-state index contributed by atoms with van der Waals surface area (Å²) < 4.78 is 9.30. The van der Waals surface area contributed by atoms with Crippen LogP contribution < -0.4 is 0 Å². The fraction of sp³-hybridized carbons (Fsp3) is 0. The van der Waals surface area contributed by atoms with Crippen LogP contribution in [0.3, 0.4) is 0 Å². The topological polar surface area (TPSA) is 71.3 Å². The summed E-state index contributed by atoms with van der Waals surface area (Å²) in [6, 6.07) is 86.0. The minimum Gasteiger partial charge on any atom is -0.309 e. The largest absolute Gasteiger partial charge is 0.309 e. The van der Waals surface area contributed by atoms with Crippen LogP contribution >= 0.6 is 0 Å². The Labute approximate surface area is 435 Å². The molecule has 0 radical (unpaired) electrons. The summed E-state index contributed by atoms with van der Waals surface area (Å²) in [5, 5.41) is 9.55. The van der Waals surface area contributed by atoms with Crippen LogP contribution in [-0.2, 0) is 0 Å². The molecule has 0 atom stereocenters. The third-order valence-corrected chi connectivity index (χ3v) is 15.3. The predicted molar refractivity (Wildman–Crippen MR) is 311 cm³/mol. The second-order valence-corrected chi connectivity index (χ2v) is 19.5. The number of benzene rings is 8. The van der Waals surface area contributed by atoms with Gasteiger partial charge in [-0.15, -0.1) is 0 Å². The van der Waals surface area contributed by atoms with Gasteiger partial charge in [-0.05, 0) is 84.9 Å². The summed E-state index contributed by atoms with van der Waals surface area (Å²) in [6.45, 7) is 0. The van der Waals surface area contributed by atoms with Crippen molar-refractivity contribution in [2.75, 3.05) is 0 Å². The fourth-order valence-corrected chi connectivity index (χ4v) is 11.9. The first-order chi connectivity index (χ1) is 37.7. The normalized spacial score (nSPS) is 11.9. The molecule has 8 aromatic heterocycles. The number of rotatable bonds is 7. The quantitative estimate of drug-likeness (QED) is 0.160. The van der Waals surface area contributed by atoms with Crippen molar-refractivity contribution in [3.05, 3.63) is 255 Å². The lowest BCUT2D eigenvalue weighted by Crippen LogP contribution is -2.03. The summed E-state index contributed by atoms with van der Waals surface area (Å²) in [7, 11) is 0. The highest BCUT2D eigenvalue weighted by Gasteiger charge is 2.21. The van der Waals surface area contributed by atoms with Gasteiger partial charge in [0.2, 0.25) is 0 Å². The van der Waals surface area contributed by atoms with Crippen LogP contribution in [0.2, 0.25) is 0 Å². The molecular weight excluding hydrogens is 929 g/mol. The molecule has 354 valence electrons. The van der Waals surface area contributed by atoms with Gasteiger partial charge in [0, 0.05) is 78.7 Å². The van der Waals surface area contributed by atoms with Gasteiger partial charge in [-0.2, -0.15) is 0 Å². The van der Waals surface area contributed by atoms with E-state index in [9.17, 15) is 0 Å². The van der Waals surface area contributed by atoms with Crippen molar-refractivity contribution in [1.29, 1.82) is 0 Å². The van der Waals surface area contributed by atoms with Crippen molar-refractivity contribution in [3.63, 3.8) is 0 Å². The lowest BCUT2D eigenvalue weighted by molar-refractivity contribution is 1.06. The Morgan fingerprint density at radius 2 is 0.474 bits per heavy atom. The maximum absolute atomic E-state index is 5.47. The molecule has 8 heterocycles. The molecular formula is C68H42N8. The van der Waals surface area contributed by atoms with Gasteiger partial charge in [-0.1, -0.05) is 146 Å². The molecule has 16 rings (SSSR count). The molecule has 16 aromatic rings. The predicted octanol–water partition coefficient (Wildman–Crippen LogP) is 16.7. The van der Waals surface area contributed by atoms with E-state index in [1.807, 2.05) is 24.5 Å². The fourth-order valence-electron chi connectivity index (χ4n) is 11.9. The molecule has 76 heavy (non-hydrogen) atoms. The van der Waals surface area contributed by atoms with Crippen molar-refractivity contribution in [2.45, 2.75) is 0 Å². The van der Waals surface area contributed by atoms with Gasteiger partial charge in [0.05, 0.1) is 78.3 Å². The maximum Gasteiger partial charge on any atom is 0.140 e. The second-order valence-electron chi connectivity index (χ2n) is 19.5. The zero-order valence-electron chi connectivity index (χ0n) is 40.8. The van der Waals surface area contributed by atoms with Gasteiger partial charge in [-0.25, -0.2) is 9.97 Å². The number of hydrogen-bond donors (Lipinski definition) is 0. The zero-order valence-corrected chi connectivity index (χ0v) is 40.8. The Morgan fingerprint density at radius 1 is 0.224 bits per heavy atom. The van der Waals surface area contributed by atoms with E-state index in [2.05, 4.69) is 249 Å². The highest BCUT2D eigenvalue weighted by Crippen LogP contribution is 2.39. The third-order valence-electron chi connectivity index (χ3n) is 15.3. The monoisotopic (exact) mass is 970 g/mol. The number of aromatic nitrogens is 8. The van der Waals surface area contributed by atoms with Crippen molar-refractivity contribution in [3.8, 4) is 56.9 Å². The van der Waals surface area contributed by atoms with Gasteiger partial charge in [0.1, 0.15) is 11.6 Å². The van der Waals surface area contributed by atoms with Gasteiger partial charge in [-0.3, -0.25) is 19.1 Å². The highest BCUT2D eigenvalue weighted by atomic mass is 15.1. The average Bonchev–Trinajstić information content (AvgIpc) is 4.29. The van der Waals surface area contributed by atoms with Gasteiger partial charge in [0.25, 0.3) is 0 Å². The summed E-state index contributed by atoms with van der Waals surface area (Å²) >= 11 is 0. The molecule has 0 aliphatic carbocycles. The first-order valence-electron chi connectivity index (χ1n) is 25.6. The summed E-state index contributed by atoms with van der Waals surface area (Å²) in [5.41, 5.74) is 15.9. The third kappa shape index (κ3) is 6.37. The number of nitrogens with zero attached hydrogens (tertiary/aromatic N) is 8. The summed E-state index contributed by atoms with van der Waals surface area (Å²) in [4.78, 5) is 21.1. The Kier molecular flexibility index (Phi) is 9.17. The van der Waals surface area contributed by atoms with E-state index in [1.165, 1.54) is 43.1 Å². The second kappa shape index (κ2) is 16.5. The van der Waals surface area contributed by atoms with Crippen molar-refractivity contribution in [1.82, 2.24) is 38.2 Å². The van der Waals surface area contributed by atoms with Crippen LogP contribution in [0.1, 0.15) is 0 Å². The van der Waals surface area contributed by atoms with Gasteiger partial charge in [0.15, 0.2) is 0 Å². The van der Waals surface area contributed by atoms with Crippen LogP contribution in [0.25, 0.3) is 144 Å². The lowest BCUT2D eigenvalue weighted by atomic mass is 10.1. The van der Waals surface area contributed by atoms with Gasteiger partial charge < -0.3 is 9.13 Å². The van der Waals surface area contributed by atoms with E-state index in [-0.39, 0.29) is 0 Å². The Morgan fingerprint density at radius 3 is 0.724 bits per heavy atom. The van der Waals surface area contributed by atoms with E-state index < -0.39 is 0 Å². The minimum atomic E-state index is 0.759. The van der Waals surface area contributed by atoms with Crippen LogP contribution in [0, 0.1) is 0 Å². The molecule has 0 aliphatic rings. The molecule has 0 unspecified atom stereocenters. The molecule has 0 N–H and O–H groups in total. The smallest absolute Gasteiger partial charge is 0.140 e. The summed E-state index contributed by atoms with van der Waals surface area (Å²) in [6.07, 6.45) is 3.85. The number of hydrogen-bond acceptors (Lipinski definition) is 4. The molecule has 8 nitrogen and oxygen atoms in total. The van der Waals surface area contributed by atoms with Crippen LogP contribution in [0.15, 0.2) is 255 Å². The summed E-state index contributed by atoms with van der Waals surface area (Å²) in [5.74, 6) is 1.65. The number of pyridine rings is 4. The van der Waals surface area contributed by atoms with Crippen LogP contribution in [-0.4, -0.2) is 38.2 Å². The van der Waals surface area contributed by atoms with E-state index in [0.29, 0.717) is 0 Å². The molecule has 8 aromatic carbocycles. The standard InChI is InChI=1S/C68H42N8/c1-9-25-59-47(17-1)48-18-2-10-26-60(48)73(59)45-37-57(71-67(39-45)75-63-29-13-5-21-51(63)52-22-6-14-30-64(52)75)43-33-35-55(69-41-43)56-36-34-44(42-70-56)58-38-46(74-61-27-11-3-19-49(61)50-20-4-12-28-62(50)74)40-68(72-58)76-65-31-15-7-23-53(65)54-24-8-16-32-66(54)76/h1-42H. The van der Waals surface area contributed by atoms with Crippen molar-refractivity contribution < 1.29 is 0 Å². The van der Waals surface area contributed by atoms with Crippen LogP contribution in [0.5, 0.6) is 0 Å². The SMILES string of the molecule is c1ccc2c(c1)c1ccccc1n2-c1cc(-c2ccc(-c3ccc(-c4cc(-n5c6ccccc6c6ccccc65)cc(-n5c6ccccc6c6ccccc65)n4)cn3)nc2)nc(-n2c3ccccc3c3ccccc32)c1. The molecule has 0 amide bonds. The van der Waals surface area contributed by atoms with Crippen molar-refractivity contribution in [2.24, 2.45) is 0 Å². The van der Waals surface area contributed by atoms with E-state index in [4.69, 9.17) is 19.9 Å². The molecule has 0 saturated heterocycles. The minimum absolute atomic E-state index is 0.759. The highest BCUT2D eigenvalue weighted by molar-refractivity contribution is 6.12. The first-order valence-corrected chi connectivity index (χ1v) is 25.6.